The molecule has 5 heteroatoms. The summed E-state index contributed by atoms with van der Waals surface area (Å²) in [5.41, 5.74) is 4.96. The second-order valence-corrected chi connectivity index (χ2v) is 7.27. The van der Waals surface area contributed by atoms with Gasteiger partial charge in [0.25, 0.3) is 0 Å². The van der Waals surface area contributed by atoms with Crippen LogP contribution in [0.4, 0.5) is 5.69 Å². The molecule has 0 saturated carbocycles. The lowest BCUT2D eigenvalue weighted by Crippen LogP contribution is -2.03. The van der Waals surface area contributed by atoms with Gasteiger partial charge in [0, 0.05) is 31.9 Å². The smallest absolute Gasteiger partial charge is 0.199 e. The van der Waals surface area contributed by atoms with Crippen LogP contribution in [0, 0.1) is 10.5 Å². The average molecular weight is 453 g/mol. The summed E-state index contributed by atoms with van der Waals surface area (Å²) in [5.74, 6) is 0.121. The minimum Gasteiger partial charge on any atom is -0.494 e. The fraction of sp³-hybridized carbons (Fsp3) is 0.0476. The van der Waals surface area contributed by atoms with Crippen molar-refractivity contribution in [1.29, 1.82) is 0 Å². The van der Waals surface area contributed by atoms with Crippen LogP contribution in [0.1, 0.15) is 16.8 Å². The molecule has 0 aliphatic rings. The lowest BCUT2D eigenvalue weighted by Gasteiger charge is -2.08. The summed E-state index contributed by atoms with van der Waals surface area (Å²) in [6.45, 7) is 1.94. The van der Waals surface area contributed by atoms with Crippen LogP contribution in [0.2, 0.25) is 0 Å². The Hall–Kier alpha value is -2.67. The summed E-state index contributed by atoms with van der Waals surface area (Å²) in [5, 5.41) is 11.6. The zero-order valence-electron chi connectivity index (χ0n) is 14.1. The maximum absolute atomic E-state index is 10.6. The lowest BCUT2D eigenvalue weighted by molar-refractivity contribution is 0.457. The topological polar surface area (TPSA) is 61.3 Å². The molecule has 0 amide bonds. The fourth-order valence-corrected chi connectivity index (χ4v) is 3.47. The number of nitrogens with zero attached hydrogens (tertiary/aromatic N) is 2. The Labute approximate surface area is 164 Å². The van der Waals surface area contributed by atoms with Crippen LogP contribution in [0.3, 0.4) is 0 Å². The van der Waals surface area contributed by atoms with Crippen molar-refractivity contribution in [3.8, 4) is 5.88 Å². The molecular weight excluding hydrogens is 437 g/mol. The van der Waals surface area contributed by atoms with Crippen molar-refractivity contribution >= 4 is 44.9 Å². The van der Waals surface area contributed by atoms with E-state index in [1.54, 1.807) is 6.20 Å². The van der Waals surface area contributed by atoms with Gasteiger partial charge in [-0.25, -0.2) is 4.99 Å². The third-order valence-electron chi connectivity index (χ3n) is 4.15. The minimum atomic E-state index is 0.121. The van der Waals surface area contributed by atoms with Crippen molar-refractivity contribution in [3.63, 3.8) is 0 Å². The second-order valence-electron chi connectivity index (χ2n) is 6.02. The number of fused-ring (bicyclic) bond motifs is 1. The number of aryl methyl sites for hydroxylation is 1. The first-order valence-corrected chi connectivity index (χ1v) is 9.27. The van der Waals surface area contributed by atoms with Crippen LogP contribution in [0.5, 0.6) is 5.88 Å². The molecule has 0 atom stereocenters. The molecule has 0 unspecified atom stereocenters. The third kappa shape index (κ3) is 3.22. The van der Waals surface area contributed by atoms with Crippen molar-refractivity contribution in [1.82, 2.24) is 9.97 Å². The molecule has 2 aromatic carbocycles. The van der Waals surface area contributed by atoms with E-state index >= 15 is 0 Å². The van der Waals surface area contributed by atoms with E-state index in [-0.39, 0.29) is 5.88 Å². The van der Waals surface area contributed by atoms with Gasteiger partial charge in [-0.05, 0) is 59.8 Å². The average Bonchev–Trinajstić information content (AvgIpc) is 2.95. The fourth-order valence-electron chi connectivity index (χ4n) is 2.98. The highest BCUT2D eigenvalue weighted by molar-refractivity contribution is 14.1. The van der Waals surface area contributed by atoms with Crippen LogP contribution >= 0.6 is 22.6 Å². The summed E-state index contributed by atoms with van der Waals surface area (Å²) in [6.07, 6.45) is 1.74. The molecule has 0 saturated heterocycles. The van der Waals surface area contributed by atoms with Crippen LogP contribution in [0.15, 0.2) is 71.9 Å². The predicted octanol–water partition coefficient (Wildman–Crippen LogP) is 5.35. The molecule has 4 rings (SSSR count). The first-order valence-electron chi connectivity index (χ1n) is 8.19. The zero-order valence-corrected chi connectivity index (χ0v) is 16.2. The number of hydrogen-bond acceptors (Lipinski definition) is 3. The molecular formula is C21H16IN3O. The van der Waals surface area contributed by atoms with Crippen LogP contribution in [0.25, 0.3) is 10.9 Å². The van der Waals surface area contributed by atoms with E-state index in [9.17, 15) is 5.11 Å². The molecule has 2 N–H and O–H groups in total. The number of rotatable bonds is 3. The second kappa shape index (κ2) is 6.92. The summed E-state index contributed by atoms with van der Waals surface area (Å²) >= 11 is 2.28. The van der Waals surface area contributed by atoms with Gasteiger partial charge in [-0.1, -0.05) is 30.3 Å². The van der Waals surface area contributed by atoms with Gasteiger partial charge in [-0.2, -0.15) is 0 Å². The number of halogens is 1. The largest absolute Gasteiger partial charge is 0.494 e. The quantitative estimate of drug-likeness (QED) is 0.325. The van der Waals surface area contributed by atoms with Crippen molar-refractivity contribution in [2.45, 2.75) is 6.92 Å². The van der Waals surface area contributed by atoms with E-state index in [4.69, 9.17) is 4.99 Å². The molecule has 2 aromatic heterocycles. The Morgan fingerprint density at radius 3 is 2.65 bits per heavy atom. The van der Waals surface area contributed by atoms with Gasteiger partial charge in [-0.3, -0.25) is 4.98 Å². The maximum Gasteiger partial charge on any atom is 0.199 e. The Morgan fingerprint density at radius 2 is 1.88 bits per heavy atom. The van der Waals surface area contributed by atoms with Crippen molar-refractivity contribution in [2.24, 2.45) is 4.99 Å². The van der Waals surface area contributed by atoms with Gasteiger partial charge in [0.1, 0.15) is 0 Å². The SMILES string of the molecule is Cc1cc(N=C(c2ccccc2)c2c(O)[nH]c3ccc(I)cc23)ccn1. The highest BCUT2D eigenvalue weighted by Gasteiger charge is 2.18. The van der Waals surface area contributed by atoms with Gasteiger partial charge >= 0.3 is 0 Å². The summed E-state index contributed by atoms with van der Waals surface area (Å²) < 4.78 is 1.10. The number of benzene rings is 2. The molecule has 0 bridgehead atoms. The zero-order chi connectivity index (χ0) is 18.1. The Kier molecular flexibility index (Phi) is 4.46. The number of aromatic nitrogens is 2. The number of aromatic amines is 1. The molecule has 0 aliphatic heterocycles. The highest BCUT2D eigenvalue weighted by Crippen LogP contribution is 2.32. The summed E-state index contributed by atoms with van der Waals surface area (Å²) in [4.78, 5) is 12.2. The van der Waals surface area contributed by atoms with Crippen molar-refractivity contribution in [2.75, 3.05) is 0 Å². The molecule has 128 valence electrons. The molecule has 2 heterocycles. The van der Waals surface area contributed by atoms with E-state index in [0.29, 0.717) is 5.56 Å². The van der Waals surface area contributed by atoms with E-state index < -0.39 is 0 Å². The van der Waals surface area contributed by atoms with Crippen LogP contribution in [-0.4, -0.2) is 20.8 Å². The Morgan fingerprint density at radius 1 is 1.08 bits per heavy atom. The third-order valence-corrected chi connectivity index (χ3v) is 4.82. The Balaban J connectivity index is 2.01. The molecule has 26 heavy (non-hydrogen) atoms. The van der Waals surface area contributed by atoms with Gasteiger partial charge in [0.05, 0.1) is 17.0 Å². The number of aromatic hydroxyl groups is 1. The van der Waals surface area contributed by atoms with Gasteiger partial charge in [0.2, 0.25) is 0 Å². The lowest BCUT2D eigenvalue weighted by atomic mass is 10.0. The first-order chi connectivity index (χ1) is 12.6. The van der Waals surface area contributed by atoms with Crippen LogP contribution < -0.4 is 0 Å². The van der Waals surface area contributed by atoms with E-state index in [2.05, 4.69) is 38.6 Å². The van der Waals surface area contributed by atoms with E-state index in [0.717, 1.165) is 37.1 Å². The summed E-state index contributed by atoms with van der Waals surface area (Å²) in [6, 6.07) is 19.7. The molecule has 0 aliphatic carbocycles. The van der Waals surface area contributed by atoms with E-state index in [1.807, 2.05) is 61.5 Å². The monoisotopic (exact) mass is 453 g/mol. The number of pyridine rings is 1. The molecule has 4 nitrogen and oxygen atoms in total. The number of H-pyrrole nitrogens is 1. The van der Waals surface area contributed by atoms with Crippen molar-refractivity contribution < 1.29 is 5.11 Å². The number of aliphatic imine (C=N–C) groups is 1. The van der Waals surface area contributed by atoms with Gasteiger partial charge < -0.3 is 10.1 Å². The highest BCUT2D eigenvalue weighted by atomic mass is 127. The summed E-state index contributed by atoms with van der Waals surface area (Å²) in [7, 11) is 0. The van der Waals surface area contributed by atoms with Gasteiger partial charge in [-0.15, -0.1) is 0 Å². The molecule has 0 radical (unpaired) electrons. The van der Waals surface area contributed by atoms with Gasteiger partial charge in [0.15, 0.2) is 5.88 Å². The minimum absolute atomic E-state index is 0.121. The standard InChI is InChI=1S/C21H16IN3O/c1-13-11-16(9-10-23-13)24-20(14-5-3-2-4-6-14)19-17-12-15(22)7-8-18(17)25-21(19)26/h2-12,25-26H,1H3. The molecule has 0 spiro atoms. The number of hydrogen-bond donors (Lipinski definition) is 2. The van der Waals surface area contributed by atoms with E-state index in [1.165, 1.54) is 0 Å². The first kappa shape index (κ1) is 16.8. The molecule has 4 aromatic rings. The van der Waals surface area contributed by atoms with Crippen molar-refractivity contribution in [3.05, 3.63) is 87.3 Å². The number of nitrogens with one attached hydrogen (secondary N) is 1. The normalized spacial score (nSPS) is 11.8. The maximum atomic E-state index is 10.6. The molecule has 0 fully saturated rings. The predicted molar refractivity (Wildman–Crippen MR) is 113 cm³/mol. The van der Waals surface area contributed by atoms with Crippen LogP contribution in [-0.2, 0) is 0 Å². The Bertz CT molecular complexity index is 1120.